The molecule has 1 aliphatic carbocycles. The summed E-state index contributed by atoms with van der Waals surface area (Å²) in [6.45, 7) is 12.8. The van der Waals surface area contributed by atoms with Gasteiger partial charge in [-0.2, -0.15) is 0 Å². The highest BCUT2D eigenvalue weighted by molar-refractivity contribution is 5.91. The van der Waals surface area contributed by atoms with Gasteiger partial charge in [-0.15, -0.1) is 0 Å². The van der Waals surface area contributed by atoms with Crippen LogP contribution < -0.4 is 15.4 Å². The lowest BCUT2D eigenvalue weighted by molar-refractivity contribution is -0.136. The second kappa shape index (κ2) is 20.8. The number of nitrogens with one attached hydrogen (secondary N) is 4. The first-order valence-corrected chi connectivity index (χ1v) is 25.2. The molecule has 72 heavy (non-hydrogen) atoms. The molecule has 3 aromatic heterocycles. The van der Waals surface area contributed by atoms with Crippen molar-refractivity contribution in [2.24, 2.45) is 17.3 Å². The molecule has 17 nitrogen and oxygen atoms in total. The van der Waals surface area contributed by atoms with Gasteiger partial charge in [0, 0.05) is 24.4 Å². The quantitative estimate of drug-likeness (QED) is 0.0761. The summed E-state index contributed by atoms with van der Waals surface area (Å²) in [5, 5.41) is 7.64. The van der Waals surface area contributed by atoms with Crippen LogP contribution in [0.25, 0.3) is 44.4 Å². The molecule has 0 bridgehead atoms. The second-order valence-electron chi connectivity index (χ2n) is 20.7. The topological polar surface area (TPSA) is 210 Å². The van der Waals surface area contributed by atoms with Gasteiger partial charge in [-0.05, 0) is 82.5 Å². The zero-order valence-corrected chi connectivity index (χ0v) is 42.4. The number of imidazole rings is 2. The number of H-pyrrole nitrogens is 2. The van der Waals surface area contributed by atoms with Crippen molar-refractivity contribution >= 4 is 34.8 Å². The van der Waals surface area contributed by atoms with Crippen molar-refractivity contribution in [3.05, 3.63) is 103 Å². The summed E-state index contributed by atoms with van der Waals surface area (Å²) in [4.78, 5) is 82.3. The average molecular weight is 979 g/mol. The number of hydrogen-bond donors (Lipinski definition) is 4. The number of hydrogen-bond acceptors (Lipinski definition) is 11. The summed E-state index contributed by atoms with van der Waals surface area (Å²) in [6.07, 6.45) is 10.9. The van der Waals surface area contributed by atoms with Crippen LogP contribution in [0.5, 0.6) is 5.88 Å². The summed E-state index contributed by atoms with van der Waals surface area (Å²) >= 11 is 0. The number of carbonyl (C=O) groups is 4. The van der Waals surface area contributed by atoms with Gasteiger partial charge in [0.15, 0.2) is 0 Å². The zero-order chi connectivity index (χ0) is 50.8. The molecule has 9 rings (SSSR count). The third-order valence-electron chi connectivity index (χ3n) is 15.0. The molecule has 2 aliphatic heterocycles. The van der Waals surface area contributed by atoms with Crippen LogP contribution in [0.15, 0.2) is 85.5 Å². The van der Waals surface area contributed by atoms with Crippen LogP contribution >= 0.6 is 0 Å². The Bertz CT molecular complexity index is 2910. The van der Waals surface area contributed by atoms with Gasteiger partial charge in [-0.3, -0.25) is 14.6 Å². The Hall–Kier alpha value is -7.30. The number of aromatic nitrogens is 6. The SMILES string of the molecule is CCC1(C)C[C@@H](c2ncc(-c3ccc4cc(-c5ccc(-c6cnc([C@@H]7C[C@H](Oc8cnc(C9CCC9)cn8)CN7C(=O)[C@@H](NC(=O)OC)C(C)C)[nH]6)cc5)ccc4c3)[nH]2)N(C(=O)[C@@H](NC(=O)OC)C(C)C)C1. The molecule has 0 radical (unpaired) electrons. The van der Waals surface area contributed by atoms with Crippen molar-refractivity contribution in [3.63, 3.8) is 0 Å². The molecule has 1 unspecified atom stereocenters. The molecular weight excluding hydrogens is 913 g/mol. The fourth-order valence-electron chi connectivity index (χ4n) is 10.2. The van der Waals surface area contributed by atoms with E-state index in [1.165, 1.54) is 20.6 Å². The number of ether oxygens (including phenoxy) is 3. The van der Waals surface area contributed by atoms with Crippen molar-refractivity contribution in [1.82, 2.24) is 50.3 Å². The van der Waals surface area contributed by atoms with Gasteiger partial charge in [0.25, 0.3) is 0 Å². The van der Waals surface area contributed by atoms with Gasteiger partial charge in [0.1, 0.15) is 29.8 Å². The van der Waals surface area contributed by atoms with E-state index >= 15 is 0 Å². The van der Waals surface area contributed by atoms with Gasteiger partial charge in [-0.1, -0.05) is 96.5 Å². The number of nitrogens with zero attached hydrogens (tertiary/aromatic N) is 6. The average Bonchev–Trinajstić information content (AvgIpc) is 4.21. The van der Waals surface area contributed by atoms with Gasteiger partial charge in [-0.25, -0.2) is 24.5 Å². The molecule has 3 aliphatic rings. The van der Waals surface area contributed by atoms with Crippen LogP contribution in [0.2, 0.25) is 0 Å². The number of fused-ring (bicyclic) bond motifs is 1. The van der Waals surface area contributed by atoms with Gasteiger partial charge in [0.05, 0.1) is 74.7 Å². The maximum Gasteiger partial charge on any atom is 0.407 e. The summed E-state index contributed by atoms with van der Waals surface area (Å²) in [5.41, 5.74) is 6.56. The van der Waals surface area contributed by atoms with Crippen LogP contribution in [-0.2, 0) is 19.1 Å². The molecular formula is C55H66N10O7. The van der Waals surface area contributed by atoms with E-state index in [4.69, 9.17) is 24.2 Å². The predicted molar refractivity (Wildman–Crippen MR) is 272 cm³/mol. The molecule has 1 saturated carbocycles. The Labute approximate surface area is 420 Å². The minimum atomic E-state index is -0.821. The van der Waals surface area contributed by atoms with Gasteiger partial charge in [0.2, 0.25) is 17.7 Å². The number of benzene rings is 3. The van der Waals surface area contributed by atoms with E-state index in [1.807, 2.05) is 38.8 Å². The molecule has 378 valence electrons. The van der Waals surface area contributed by atoms with Crippen molar-refractivity contribution in [2.75, 3.05) is 27.3 Å². The third kappa shape index (κ3) is 10.4. The molecule has 2 saturated heterocycles. The summed E-state index contributed by atoms with van der Waals surface area (Å²) < 4.78 is 16.1. The lowest BCUT2D eigenvalue weighted by Gasteiger charge is -2.30. The lowest BCUT2D eigenvalue weighted by atomic mass is 9.83. The molecule has 6 atom stereocenters. The van der Waals surface area contributed by atoms with E-state index < -0.39 is 30.3 Å². The van der Waals surface area contributed by atoms with Crippen LogP contribution in [0, 0.1) is 17.3 Å². The highest BCUT2D eigenvalue weighted by Crippen LogP contribution is 2.45. The first kappa shape index (κ1) is 49.7. The van der Waals surface area contributed by atoms with E-state index in [9.17, 15) is 19.2 Å². The standard InChI is InChI=1S/C55H66N10O7/c1-9-55(6)24-45(65(30-55)52(67)48(32(4)5)63-54(69)71-8)50-59-27-43(61-50)39-20-19-37-21-36(17-18-38(37)22-39)33-13-15-35(16-14-33)42-26-58-49(60-42)44-23-40(72-46-28-56-41(25-57-46)34-11-10-12-34)29-64(44)51(66)47(31(2)3)62-53(68)70-7/h13-22,25-28,31-32,34,40,44-45,47-48H,9-12,23-24,29-30H2,1-8H3,(H,58,60)(H,59,61)(H,62,68)(H,63,69)/t40-,44-,45-,47-,48-,55?/m0/s1. The Kier molecular flexibility index (Phi) is 14.4. The number of methoxy groups -OCH3 is 2. The molecule has 3 fully saturated rings. The van der Waals surface area contributed by atoms with Crippen LogP contribution in [0.1, 0.15) is 115 Å². The van der Waals surface area contributed by atoms with E-state index in [-0.39, 0.29) is 47.8 Å². The molecule has 17 heteroatoms. The molecule has 5 heterocycles. The van der Waals surface area contributed by atoms with Crippen molar-refractivity contribution < 1.29 is 33.4 Å². The van der Waals surface area contributed by atoms with Crippen LogP contribution in [0.3, 0.4) is 0 Å². The number of likely N-dealkylation sites (tertiary alicyclic amines) is 2. The Balaban J connectivity index is 0.899. The second-order valence-corrected chi connectivity index (χ2v) is 20.7. The smallest absolute Gasteiger partial charge is 0.407 e. The van der Waals surface area contributed by atoms with Crippen molar-refractivity contribution in [1.29, 1.82) is 0 Å². The summed E-state index contributed by atoms with van der Waals surface area (Å²) in [5.74, 6) is 1.44. The minimum absolute atomic E-state index is 0.102. The highest BCUT2D eigenvalue weighted by atomic mass is 16.5. The Morgan fingerprint density at radius 3 is 1.81 bits per heavy atom. The Morgan fingerprint density at radius 2 is 1.25 bits per heavy atom. The number of amides is 4. The lowest BCUT2D eigenvalue weighted by Crippen LogP contribution is -2.51. The van der Waals surface area contributed by atoms with Crippen LogP contribution in [-0.4, -0.2) is 109 Å². The third-order valence-corrected chi connectivity index (χ3v) is 15.0. The molecule has 0 spiro atoms. The number of aromatic amines is 2. The first-order valence-electron chi connectivity index (χ1n) is 25.2. The largest absolute Gasteiger partial charge is 0.471 e. The van der Waals surface area contributed by atoms with E-state index in [2.05, 4.69) is 105 Å². The van der Waals surface area contributed by atoms with Gasteiger partial charge < -0.3 is 44.6 Å². The molecule has 4 N–H and O–H groups in total. The fourth-order valence-corrected chi connectivity index (χ4v) is 10.2. The van der Waals surface area contributed by atoms with Gasteiger partial charge >= 0.3 is 12.2 Å². The highest BCUT2D eigenvalue weighted by Gasteiger charge is 2.46. The van der Waals surface area contributed by atoms with Crippen molar-refractivity contribution in [3.8, 4) is 39.5 Å². The molecule has 6 aromatic rings. The first-order chi connectivity index (χ1) is 34.6. The minimum Gasteiger partial charge on any atom is -0.471 e. The summed E-state index contributed by atoms with van der Waals surface area (Å²) in [6, 6.07) is 18.8. The monoisotopic (exact) mass is 979 g/mol. The molecule has 4 amide bonds. The molecule has 3 aromatic carbocycles. The van der Waals surface area contributed by atoms with E-state index in [0.29, 0.717) is 30.6 Å². The summed E-state index contributed by atoms with van der Waals surface area (Å²) in [7, 11) is 2.58. The van der Waals surface area contributed by atoms with Crippen LogP contribution in [0.4, 0.5) is 9.59 Å². The normalized spacial score (nSPS) is 20.9. The van der Waals surface area contributed by atoms with Crippen molar-refractivity contribution in [2.45, 2.75) is 116 Å². The van der Waals surface area contributed by atoms with E-state index in [0.717, 1.165) is 81.6 Å². The number of carbonyl (C=O) groups excluding carboxylic acids is 4. The maximum absolute atomic E-state index is 14.3. The Morgan fingerprint density at radius 1 is 0.694 bits per heavy atom. The van der Waals surface area contributed by atoms with E-state index in [1.54, 1.807) is 23.5 Å². The number of alkyl carbamates (subject to hydrolysis) is 2. The predicted octanol–water partition coefficient (Wildman–Crippen LogP) is 9.52. The number of rotatable bonds is 15. The zero-order valence-electron chi connectivity index (χ0n) is 42.4. The fraction of sp³-hybridized carbons (Fsp3) is 0.455. The maximum atomic E-state index is 14.3.